The first-order chi connectivity index (χ1) is 6.77. The molecule has 2 rings (SSSR count). The van der Waals surface area contributed by atoms with Crippen LogP contribution >= 0.6 is 11.3 Å². The van der Waals surface area contributed by atoms with Gasteiger partial charge in [0, 0.05) is 11.6 Å². The number of hydrogen-bond donors (Lipinski definition) is 2. The van der Waals surface area contributed by atoms with E-state index in [4.69, 9.17) is 9.84 Å². The molecule has 76 valence electrons. The predicted octanol–water partition coefficient (Wildman–Crippen LogP) is 0.257. The highest BCUT2D eigenvalue weighted by atomic mass is 32.1. The average molecular weight is 214 g/mol. The minimum atomic E-state index is -0.883. The molecule has 1 aromatic rings. The second kappa shape index (κ2) is 4.04. The van der Waals surface area contributed by atoms with Crippen LogP contribution < -0.4 is 5.32 Å². The predicted molar refractivity (Wildman–Crippen MR) is 50.2 cm³/mol. The smallest absolute Gasteiger partial charge is 0.323 e. The van der Waals surface area contributed by atoms with Gasteiger partial charge in [-0.3, -0.25) is 10.1 Å². The van der Waals surface area contributed by atoms with Gasteiger partial charge in [-0.15, -0.1) is 11.3 Å². The molecule has 1 fully saturated rings. The van der Waals surface area contributed by atoms with Crippen LogP contribution in [0.2, 0.25) is 0 Å². The van der Waals surface area contributed by atoms with Crippen LogP contribution in [0.15, 0.2) is 11.6 Å². The summed E-state index contributed by atoms with van der Waals surface area (Å²) in [6.07, 6.45) is 1.70. The highest BCUT2D eigenvalue weighted by Crippen LogP contribution is 2.19. The molecule has 1 aromatic heterocycles. The minimum absolute atomic E-state index is 0.0927. The van der Waals surface area contributed by atoms with Crippen LogP contribution in [0.3, 0.4) is 0 Å². The van der Waals surface area contributed by atoms with Gasteiger partial charge in [0.05, 0.1) is 19.3 Å². The summed E-state index contributed by atoms with van der Waals surface area (Å²) < 4.78 is 5.20. The van der Waals surface area contributed by atoms with Crippen molar-refractivity contribution in [1.29, 1.82) is 0 Å². The van der Waals surface area contributed by atoms with Gasteiger partial charge in [0.25, 0.3) is 0 Å². The molecule has 2 atom stereocenters. The van der Waals surface area contributed by atoms with Gasteiger partial charge in [0.1, 0.15) is 11.0 Å². The van der Waals surface area contributed by atoms with Crippen molar-refractivity contribution in [3.8, 4) is 0 Å². The Bertz CT molecular complexity index is 314. The van der Waals surface area contributed by atoms with Crippen LogP contribution in [-0.4, -0.2) is 35.3 Å². The van der Waals surface area contributed by atoms with Crippen LogP contribution in [0.4, 0.5) is 0 Å². The van der Waals surface area contributed by atoms with Crippen molar-refractivity contribution in [2.45, 2.75) is 12.1 Å². The number of hydrogen-bond acceptors (Lipinski definition) is 5. The highest BCUT2D eigenvalue weighted by Gasteiger charge is 2.28. The van der Waals surface area contributed by atoms with Gasteiger partial charge in [-0.2, -0.15) is 0 Å². The van der Waals surface area contributed by atoms with E-state index in [1.807, 2.05) is 5.38 Å². The number of carboxylic acids is 1. The number of aliphatic carboxylic acids is 1. The third-order valence-electron chi connectivity index (χ3n) is 2.02. The summed E-state index contributed by atoms with van der Waals surface area (Å²) in [4.78, 5) is 14.8. The van der Waals surface area contributed by atoms with E-state index in [1.165, 1.54) is 11.3 Å². The number of morpholine rings is 1. The summed E-state index contributed by atoms with van der Waals surface area (Å²) >= 11 is 1.50. The maximum Gasteiger partial charge on any atom is 0.323 e. The molecule has 0 bridgehead atoms. The number of nitrogens with one attached hydrogen (secondary N) is 1. The van der Waals surface area contributed by atoms with E-state index in [1.54, 1.807) is 6.20 Å². The summed E-state index contributed by atoms with van der Waals surface area (Å²) in [5.74, 6) is -0.883. The highest BCUT2D eigenvalue weighted by molar-refractivity contribution is 7.09. The lowest BCUT2D eigenvalue weighted by atomic mass is 10.2. The Hall–Kier alpha value is -0.980. The molecular weight excluding hydrogens is 204 g/mol. The SMILES string of the molecule is O=C(O)C1COCC(c2nccs2)N1. The van der Waals surface area contributed by atoms with E-state index >= 15 is 0 Å². The van der Waals surface area contributed by atoms with Crippen LogP contribution in [0.25, 0.3) is 0 Å². The van der Waals surface area contributed by atoms with Crippen LogP contribution in [0, 0.1) is 0 Å². The first-order valence-corrected chi connectivity index (χ1v) is 5.11. The van der Waals surface area contributed by atoms with Gasteiger partial charge < -0.3 is 9.84 Å². The molecule has 1 saturated heterocycles. The fourth-order valence-electron chi connectivity index (χ4n) is 1.33. The molecule has 0 radical (unpaired) electrons. The van der Waals surface area contributed by atoms with Gasteiger partial charge in [-0.1, -0.05) is 0 Å². The molecule has 2 heterocycles. The molecule has 2 N–H and O–H groups in total. The fraction of sp³-hybridized carbons (Fsp3) is 0.500. The number of aromatic nitrogens is 1. The molecular formula is C8H10N2O3S. The van der Waals surface area contributed by atoms with Crippen molar-refractivity contribution in [3.63, 3.8) is 0 Å². The topological polar surface area (TPSA) is 71.5 Å². The first kappa shape index (κ1) is 9.57. The third kappa shape index (κ3) is 1.92. The van der Waals surface area contributed by atoms with Crippen molar-refractivity contribution in [2.24, 2.45) is 0 Å². The molecule has 0 saturated carbocycles. The lowest BCUT2D eigenvalue weighted by Gasteiger charge is -2.27. The number of nitrogens with zero attached hydrogens (tertiary/aromatic N) is 1. The van der Waals surface area contributed by atoms with E-state index in [-0.39, 0.29) is 12.6 Å². The molecule has 0 aliphatic carbocycles. The summed E-state index contributed by atoms with van der Waals surface area (Å²) in [5, 5.41) is 14.5. The number of thiazole rings is 1. The number of carboxylic acid groups (broad SMARTS) is 1. The molecule has 1 aliphatic rings. The number of rotatable bonds is 2. The lowest BCUT2D eigenvalue weighted by Crippen LogP contribution is -2.48. The van der Waals surface area contributed by atoms with Gasteiger partial charge in [0.2, 0.25) is 0 Å². The Morgan fingerprint density at radius 2 is 2.57 bits per heavy atom. The zero-order chi connectivity index (χ0) is 9.97. The monoisotopic (exact) mass is 214 g/mol. The Kier molecular flexibility index (Phi) is 2.76. The molecule has 14 heavy (non-hydrogen) atoms. The Balaban J connectivity index is 2.04. The van der Waals surface area contributed by atoms with Gasteiger partial charge in [0.15, 0.2) is 0 Å². The second-order valence-corrected chi connectivity index (χ2v) is 3.94. The molecule has 0 aromatic carbocycles. The summed E-state index contributed by atoms with van der Waals surface area (Å²) in [6.45, 7) is 0.703. The molecule has 6 heteroatoms. The number of carbonyl (C=O) groups is 1. The van der Waals surface area contributed by atoms with E-state index < -0.39 is 12.0 Å². The standard InChI is InChI=1S/C8H10N2O3S/c11-8(12)6-4-13-3-5(10-6)7-9-1-2-14-7/h1-2,5-6,10H,3-4H2,(H,11,12). The summed E-state index contributed by atoms with van der Waals surface area (Å²) in [7, 11) is 0. The molecule has 2 unspecified atom stereocenters. The maximum atomic E-state index is 10.7. The van der Waals surface area contributed by atoms with Crippen molar-refractivity contribution >= 4 is 17.3 Å². The van der Waals surface area contributed by atoms with Gasteiger partial charge >= 0.3 is 5.97 Å². The van der Waals surface area contributed by atoms with E-state index in [0.717, 1.165) is 5.01 Å². The van der Waals surface area contributed by atoms with Crippen molar-refractivity contribution < 1.29 is 14.6 Å². The lowest BCUT2D eigenvalue weighted by molar-refractivity contribution is -0.143. The minimum Gasteiger partial charge on any atom is -0.480 e. The van der Waals surface area contributed by atoms with Crippen LogP contribution in [0.1, 0.15) is 11.0 Å². The van der Waals surface area contributed by atoms with Crippen molar-refractivity contribution in [1.82, 2.24) is 10.3 Å². The number of ether oxygens (including phenoxy) is 1. The average Bonchev–Trinajstić information content (AvgIpc) is 2.71. The summed E-state index contributed by atoms with van der Waals surface area (Å²) in [6, 6.07) is -0.720. The first-order valence-electron chi connectivity index (χ1n) is 4.23. The van der Waals surface area contributed by atoms with Crippen LogP contribution in [-0.2, 0) is 9.53 Å². The normalized spacial score (nSPS) is 27.4. The zero-order valence-electron chi connectivity index (χ0n) is 7.34. The van der Waals surface area contributed by atoms with Gasteiger partial charge in [-0.05, 0) is 0 Å². The quantitative estimate of drug-likeness (QED) is 0.738. The third-order valence-corrected chi connectivity index (χ3v) is 2.91. The zero-order valence-corrected chi connectivity index (χ0v) is 8.16. The largest absolute Gasteiger partial charge is 0.480 e. The second-order valence-electron chi connectivity index (χ2n) is 3.02. The molecule has 1 aliphatic heterocycles. The van der Waals surface area contributed by atoms with Gasteiger partial charge in [-0.25, -0.2) is 4.98 Å². The van der Waals surface area contributed by atoms with Crippen molar-refractivity contribution in [3.05, 3.63) is 16.6 Å². The van der Waals surface area contributed by atoms with Crippen molar-refractivity contribution in [2.75, 3.05) is 13.2 Å². The Labute approximate surface area is 84.7 Å². The fourth-order valence-corrected chi connectivity index (χ4v) is 2.02. The van der Waals surface area contributed by atoms with E-state index in [9.17, 15) is 4.79 Å². The Morgan fingerprint density at radius 3 is 3.21 bits per heavy atom. The summed E-state index contributed by atoms with van der Waals surface area (Å²) in [5.41, 5.74) is 0. The molecule has 0 spiro atoms. The van der Waals surface area contributed by atoms with E-state index in [2.05, 4.69) is 10.3 Å². The maximum absolute atomic E-state index is 10.7. The van der Waals surface area contributed by atoms with Crippen LogP contribution in [0.5, 0.6) is 0 Å². The molecule has 0 amide bonds. The van der Waals surface area contributed by atoms with E-state index in [0.29, 0.717) is 6.61 Å². The molecule has 5 nitrogen and oxygen atoms in total. The Morgan fingerprint density at radius 1 is 1.71 bits per heavy atom.